The molecule has 1 atom stereocenters. The maximum atomic E-state index is 12.3. The van der Waals surface area contributed by atoms with Crippen molar-refractivity contribution >= 4 is 5.97 Å². The summed E-state index contributed by atoms with van der Waals surface area (Å²) < 4.78 is 10.8. The van der Waals surface area contributed by atoms with Crippen molar-refractivity contribution in [2.24, 2.45) is 0 Å². The smallest absolute Gasteiger partial charge is 0.323 e. The highest BCUT2D eigenvalue weighted by Gasteiger charge is 2.33. The van der Waals surface area contributed by atoms with Crippen LogP contribution in [0.15, 0.2) is 4.52 Å². The Morgan fingerprint density at radius 1 is 1.41 bits per heavy atom. The van der Waals surface area contributed by atoms with Crippen molar-refractivity contribution in [3.63, 3.8) is 0 Å². The van der Waals surface area contributed by atoms with Crippen molar-refractivity contribution in [1.29, 1.82) is 0 Å². The van der Waals surface area contributed by atoms with Crippen LogP contribution in [-0.4, -0.2) is 45.7 Å². The zero-order valence-electron chi connectivity index (χ0n) is 14.3. The fourth-order valence-electron chi connectivity index (χ4n) is 2.88. The minimum Gasteiger partial charge on any atom is -0.459 e. The lowest BCUT2D eigenvalue weighted by molar-refractivity contribution is -0.162. The zero-order valence-corrected chi connectivity index (χ0v) is 14.3. The SMILES string of the molecule is CC[C@@H](C(=O)OC(C)(C)C)N1CCC(c2nc(C)no2)CC1. The third-order valence-corrected chi connectivity index (χ3v) is 3.93. The van der Waals surface area contributed by atoms with E-state index in [1.165, 1.54) is 0 Å². The molecule has 1 aliphatic heterocycles. The van der Waals surface area contributed by atoms with E-state index >= 15 is 0 Å². The molecule has 2 heterocycles. The Balaban J connectivity index is 1.92. The first-order chi connectivity index (χ1) is 10.3. The molecule has 6 nitrogen and oxygen atoms in total. The highest BCUT2D eigenvalue weighted by molar-refractivity contribution is 5.76. The van der Waals surface area contributed by atoms with Gasteiger partial charge in [-0.25, -0.2) is 0 Å². The Labute approximate surface area is 132 Å². The van der Waals surface area contributed by atoms with E-state index in [9.17, 15) is 4.79 Å². The van der Waals surface area contributed by atoms with Gasteiger partial charge >= 0.3 is 5.97 Å². The van der Waals surface area contributed by atoms with Crippen molar-refractivity contribution in [3.8, 4) is 0 Å². The van der Waals surface area contributed by atoms with Gasteiger partial charge in [-0.3, -0.25) is 9.69 Å². The number of carbonyl (C=O) groups is 1. The van der Waals surface area contributed by atoms with Gasteiger partial charge in [0, 0.05) is 5.92 Å². The molecule has 0 unspecified atom stereocenters. The number of piperidine rings is 1. The second-order valence-corrected chi connectivity index (χ2v) is 6.95. The molecule has 0 aliphatic carbocycles. The quantitative estimate of drug-likeness (QED) is 0.797. The van der Waals surface area contributed by atoms with Crippen LogP contribution < -0.4 is 0 Å². The number of likely N-dealkylation sites (tertiary alicyclic amines) is 1. The number of hydrogen-bond donors (Lipinski definition) is 0. The molecule has 1 fully saturated rings. The average Bonchev–Trinajstić information content (AvgIpc) is 2.85. The van der Waals surface area contributed by atoms with Gasteiger partial charge < -0.3 is 9.26 Å². The lowest BCUT2D eigenvalue weighted by atomic mass is 9.95. The summed E-state index contributed by atoms with van der Waals surface area (Å²) >= 11 is 0. The average molecular weight is 309 g/mol. The summed E-state index contributed by atoms with van der Waals surface area (Å²) in [5.74, 6) is 1.58. The lowest BCUT2D eigenvalue weighted by Gasteiger charge is -2.36. The second kappa shape index (κ2) is 6.77. The van der Waals surface area contributed by atoms with Crippen molar-refractivity contribution in [2.45, 2.75) is 71.4 Å². The number of ether oxygens (including phenoxy) is 1. The molecule has 0 amide bonds. The van der Waals surface area contributed by atoms with Gasteiger partial charge in [-0.1, -0.05) is 12.1 Å². The molecule has 1 saturated heterocycles. The molecule has 0 saturated carbocycles. The summed E-state index contributed by atoms with van der Waals surface area (Å²) in [5.41, 5.74) is -0.440. The van der Waals surface area contributed by atoms with E-state index in [2.05, 4.69) is 15.0 Å². The third-order valence-electron chi connectivity index (χ3n) is 3.93. The molecule has 0 radical (unpaired) electrons. The first-order valence-electron chi connectivity index (χ1n) is 8.07. The highest BCUT2D eigenvalue weighted by Crippen LogP contribution is 2.28. The predicted molar refractivity (Wildman–Crippen MR) is 82.5 cm³/mol. The van der Waals surface area contributed by atoms with Gasteiger partial charge in [0.15, 0.2) is 5.82 Å². The molecule has 124 valence electrons. The summed E-state index contributed by atoms with van der Waals surface area (Å²) in [7, 11) is 0. The van der Waals surface area contributed by atoms with Gasteiger partial charge in [-0.05, 0) is 60.0 Å². The maximum absolute atomic E-state index is 12.3. The van der Waals surface area contributed by atoms with Gasteiger partial charge in [0.25, 0.3) is 0 Å². The molecule has 0 spiro atoms. The van der Waals surface area contributed by atoms with Crippen LogP contribution in [0.3, 0.4) is 0 Å². The van der Waals surface area contributed by atoms with E-state index in [1.54, 1.807) is 0 Å². The second-order valence-electron chi connectivity index (χ2n) is 6.95. The van der Waals surface area contributed by atoms with Crippen LogP contribution in [0.1, 0.15) is 64.6 Å². The van der Waals surface area contributed by atoms with Crippen molar-refractivity contribution in [1.82, 2.24) is 15.0 Å². The lowest BCUT2D eigenvalue weighted by Crippen LogP contribution is -2.47. The number of esters is 1. The molecular formula is C16H27N3O3. The monoisotopic (exact) mass is 309 g/mol. The molecule has 0 aromatic carbocycles. The number of nitrogens with zero attached hydrogens (tertiary/aromatic N) is 3. The Bertz CT molecular complexity index is 499. The number of carbonyl (C=O) groups excluding carboxylic acids is 1. The molecule has 1 aromatic rings. The third kappa shape index (κ3) is 4.29. The standard InChI is InChI=1S/C16H27N3O3/c1-6-13(15(20)21-16(3,4)5)19-9-7-12(8-10-19)14-17-11(2)18-22-14/h12-13H,6-10H2,1-5H3/t13-/m0/s1. The molecular weight excluding hydrogens is 282 g/mol. The molecule has 1 aromatic heterocycles. The Hall–Kier alpha value is -1.43. The van der Waals surface area contributed by atoms with Crippen LogP contribution in [0, 0.1) is 6.92 Å². The molecule has 0 bridgehead atoms. The molecule has 22 heavy (non-hydrogen) atoms. The van der Waals surface area contributed by atoms with E-state index in [-0.39, 0.29) is 12.0 Å². The first-order valence-corrected chi connectivity index (χ1v) is 8.07. The fraction of sp³-hybridized carbons (Fsp3) is 0.812. The maximum Gasteiger partial charge on any atom is 0.323 e. The van der Waals surface area contributed by atoms with Crippen molar-refractivity contribution in [2.75, 3.05) is 13.1 Å². The van der Waals surface area contributed by atoms with Crippen molar-refractivity contribution in [3.05, 3.63) is 11.7 Å². The molecule has 1 aliphatic rings. The van der Waals surface area contributed by atoms with Gasteiger partial charge in [-0.15, -0.1) is 0 Å². The minimum absolute atomic E-state index is 0.123. The van der Waals surface area contributed by atoms with Crippen LogP contribution in [0.2, 0.25) is 0 Å². The van der Waals surface area contributed by atoms with Gasteiger partial charge in [0.05, 0.1) is 0 Å². The molecule has 2 rings (SSSR count). The van der Waals surface area contributed by atoms with Gasteiger partial charge in [0.2, 0.25) is 5.89 Å². The van der Waals surface area contributed by atoms with Crippen LogP contribution in [0.4, 0.5) is 0 Å². The summed E-state index contributed by atoms with van der Waals surface area (Å²) in [5, 5.41) is 3.86. The molecule has 0 N–H and O–H groups in total. The van der Waals surface area contributed by atoms with E-state index in [0.717, 1.165) is 38.2 Å². The molecule has 6 heteroatoms. The number of aryl methyl sites for hydroxylation is 1. The topological polar surface area (TPSA) is 68.5 Å². The minimum atomic E-state index is -0.440. The van der Waals surface area contributed by atoms with E-state index in [4.69, 9.17) is 9.26 Å². The van der Waals surface area contributed by atoms with Gasteiger partial charge in [-0.2, -0.15) is 4.98 Å². The van der Waals surface area contributed by atoms with E-state index in [0.29, 0.717) is 11.7 Å². The number of aromatic nitrogens is 2. The van der Waals surface area contributed by atoms with Gasteiger partial charge in [0.1, 0.15) is 11.6 Å². The Morgan fingerprint density at radius 3 is 2.50 bits per heavy atom. The fourth-order valence-corrected chi connectivity index (χ4v) is 2.88. The summed E-state index contributed by atoms with van der Waals surface area (Å²) in [6.45, 7) is 11.3. The first kappa shape index (κ1) is 16.9. The van der Waals surface area contributed by atoms with Crippen LogP contribution in [-0.2, 0) is 9.53 Å². The Morgan fingerprint density at radius 2 is 2.05 bits per heavy atom. The summed E-state index contributed by atoms with van der Waals surface area (Å²) in [4.78, 5) is 18.9. The van der Waals surface area contributed by atoms with Crippen molar-refractivity contribution < 1.29 is 14.1 Å². The normalized spacial score (nSPS) is 19.1. The van der Waals surface area contributed by atoms with E-state index in [1.807, 2.05) is 34.6 Å². The predicted octanol–water partition coefficient (Wildman–Crippen LogP) is 2.68. The van der Waals surface area contributed by atoms with Crippen LogP contribution in [0.25, 0.3) is 0 Å². The summed E-state index contributed by atoms with van der Waals surface area (Å²) in [6, 6.07) is -0.162. The number of rotatable bonds is 4. The van der Waals surface area contributed by atoms with Crippen LogP contribution in [0.5, 0.6) is 0 Å². The van der Waals surface area contributed by atoms with E-state index < -0.39 is 5.60 Å². The largest absolute Gasteiger partial charge is 0.459 e. The summed E-state index contributed by atoms with van der Waals surface area (Å²) in [6.07, 6.45) is 2.63. The van der Waals surface area contributed by atoms with Crippen LogP contribution >= 0.6 is 0 Å². The zero-order chi connectivity index (χ0) is 16.3. The highest BCUT2D eigenvalue weighted by atomic mass is 16.6. The number of hydrogen-bond acceptors (Lipinski definition) is 6. The Kier molecular flexibility index (Phi) is 5.21.